The Morgan fingerprint density at radius 3 is 2.48 bits per heavy atom. The molecular weight excluding hydrogens is 276 g/mol. The Bertz CT molecular complexity index is 540. The minimum Gasteiger partial charge on any atom is -0.311 e. The van der Waals surface area contributed by atoms with Gasteiger partial charge in [0.1, 0.15) is 0 Å². The molecule has 1 aromatic heterocycles. The molecule has 21 heavy (non-hydrogen) atoms. The van der Waals surface area contributed by atoms with Crippen molar-refractivity contribution < 1.29 is 0 Å². The molecule has 1 heterocycles. The lowest BCUT2D eigenvalue weighted by atomic mass is 9.93. The number of aryl methyl sites for hydroxylation is 2. The van der Waals surface area contributed by atoms with E-state index in [0.29, 0.717) is 5.92 Å². The number of nitrogens with zero attached hydrogens (tertiary/aromatic N) is 1. The van der Waals surface area contributed by atoms with Crippen LogP contribution in [0.1, 0.15) is 49.4 Å². The van der Waals surface area contributed by atoms with Crippen LogP contribution >= 0.6 is 11.3 Å². The van der Waals surface area contributed by atoms with E-state index in [1.54, 1.807) is 11.3 Å². The Balaban J connectivity index is 2.01. The normalized spacial score (nSPS) is 13.3. The molecule has 2 rings (SSSR count). The van der Waals surface area contributed by atoms with Gasteiger partial charge in [0.25, 0.3) is 0 Å². The molecule has 0 spiro atoms. The highest BCUT2D eigenvalue weighted by atomic mass is 32.1. The largest absolute Gasteiger partial charge is 0.311 e. The molecule has 0 aliphatic rings. The molecule has 0 fully saturated rings. The van der Waals surface area contributed by atoms with Gasteiger partial charge >= 0.3 is 0 Å². The fourth-order valence-corrected chi connectivity index (χ4v) is 3.15. The summed E-state index contributed by atoms with van der Waals surface area (Å²) in [6.45, 7) is 9.74. The second kappa shape index (κ2) is 7.19. The van der Waals surface area contributed by atoms with E-state index < -0.39 is 0 Å². The average molecular weight is 302 g/mol. The van der Waals surface area contributed by atoms with Crippen LogP contribution in [0, 0.1) is 6.92 Å². The lowest BCUT2D eigenvalue weighted by Crippen LogP contribution is -2.38. The second-order valence-electron chi connectivity index (χ2n) is 6.66. The van der Waals surface area contributed by atoms with Gasteiger partial charge in [0.05, 0.1) is 5.01 Å². The van der Waals surface area contributed by atoms with Gasteiger partial charge in [0.15, 0.2) is 0 Å². The van der Waals surface area contributed by atoms with Crippen LogP contribution in [0.2, 0.25) is 0 Å². The summed E-state index contributed by atoms with van der Waals surface area (Å²) in [6.07, 6.45) is 2.20. The minimum atomic E-state index is 0.158. The summed E-state index contributed by atoms with van der Waals surface area (Å²) >= 11 is 1.78. The monoisotopic (exact) mass is 302 g/mol. The molecule has 1 unspecified atom stereocenters. The van der Waals surface area contributed by atoms with Crippen molar-refractivity contribution in [1.82, 2.24) is 10.3 Å². The van der Waals surface area contributed by atoms with Crippen molar-refractivity contribution >= 4 is 11.3 Å². The molecule has 0 amide bonds. The zero-order chi connectivity index (χ0) is 15.3. The van der Waals surface area contributed by atoms with Gasteiger partial charge in [-0.25, -0.2) is 4.98 Å². The first kappa shape index (κ1) is 16.2. The number of hydrogen-bond donors (Lipinski definition) is 1. The summed E-state index contributed by atoms with van der Waals surface area (Å²) in [5.74, 6) is 0.537. The summed E-state index contributed by atoms with van der Waals surface area (Å²) in [5, 5.41) is 7.04. The van der Waals surface area contributed by atoms with Gasteiger partial charge in [-0.2, -0.15) is 0 Å². The first-order chi connectivity index (χ1) is 9.94. The first-order valence-corrected chi connectivity index (χ1v) is 8.53. The van der Waals surface area contributed by atoms with Crippen LogP contribution in [-0.2, 0) is 6.42 Å². The van der Waals surface area contributed by atoms with Crippen molar-refractivity contribution in [1.29, 1.82) is 0 Å². The minimum absolute atomic E-state index is 0.158. The molecule has 0 aliphatic carbocycles. The van der Waals surface area contributed by atoms with Crippen molar-refractivity contribution in [3.05, 3.63) is 52.0 Å². The van der Waals surface area contributed by atoms with Gasteiger partial charge in [0, 0.05) is 23.2 Å². The molecule has 1 aromatic carbocycles. The van der Waals surface area contributed by atoms with E-state index in [2.05, 4.69) is 73.7 Å². The van der Waals surface area contributed by atoms with Gasteiger partial charge in [-0.1, -0.05) is 30.3 Å². The van der Waals surface area contributed by atoms with Gasteiger partial charge in [-0.3, -0.25) is 0 Å². The SMILES string of the molecule is Cc1csc(CCC(CNC(C)(C)C)c2ccccc2)n1. The van der Waals surface area contributed by atoms with E-state index in [1.165, 1.54) is 10.6 Å². The average Bonchev–Trinajstić information content (AvgIpc) is 2.84. The molecule has 0 aliphatic heterocycles. The highest BCUT2D eigenvalue weighted by Gasteiger charge is 2.16. The molecule has 1 N–H and O–H groups in total. The Hall–Kier alpha value is -1.19. The van der Waals surface area contributed by atoms with Gasteiger partial charge < -0.3 is 5.32 Å². The maximum atomic E-state index is 4.58. The number of benzene rings is 1. The number of thiazole rings is 1. The van der Waals surface area contributed by atoms with Crippen LogP contribution < -0.4 is 5.32 Å². The van der Waals surface area contributed by atoms with Crippen molar-refractivity contribution in [2.45, 2.75) is 52.0 Å². The Kier molecular flexibility index (Phi) is 5.54. The summed E-state index contributed by atoms with van der Waals surface area (Å²) in [4.78, 5) is 4.58. The molecule has 1 atom stereocenters. The van der Waals surface area contributed by atoms with E-state index in [0.717, 1.165) is 25.1 Å². The predicted molar refractivity (Wildman–Crippen MR) is 92.1 cm³/mol. The zero-order valence-corrected chi connectivity index (χ0v) is 14.3. The quantitative estimate of drug-likeness (QED) is 0.846. The summed E-state index contributed by atoms with van der Waals surface area (Å²) < 4.78 is 0. The maximum Gasteiger partial charge on any atom is 0.0928 e. The topological polar surface area (TPSA) is 24.9 Å². The van der Waals surface area contributed by atoms with Gasteiger partial charge in [0.2, 0.25) is 0 Å². The molecule has 0 saturated heterocycles. The van der Waals surface area contributed by atoms with E-state index >= 15 is 0 Å². The highest BCUT2D eigenvalue weighted by molar-refractivity contribution is 7.09. The van der Waals surface area contributed by atoms with Gasteiger partial charge in [-0.05, 0) is 52.0 Å². The predicted octanol–water partition coefficient (Wildman–Crippen LogP) is 4.56. The third kappa shape index (κ3) is 5.60. The molecule has 0 saturated carbocycles. The number of aromatic nitrogens is 1. The number of rotatable bonds is 6. The van der Waals surface area contributed by atoms with E-state index in [-0.39, 0.29) is 5.54 Å². The second-order valence-corrected chi connectivity index (χ2v) is 7.60. The Labute approximate surface area is 132 Å². The van der Waals surface area contributed by atoms with Crippen LogP contribution in [0.15, 0.2) is 35.7 Å². The number of hydrogen-bond acceptors (Lipinski definition) is 3. The molecule has 2 aromatic rings. The van der Waals surface area contributed by atoms with Crippen LogP contribution in [0.3, 0.4) is 0 Å². The zero-order valence-electron chi connectivity index (χ0n) is 13.5. The molecule has 0 radical (unpaired) electrons. The smallest absolute Gasteiger partial charge is 0.0928 e. The van der Waals surface area contributed by atoms with E-state index in [4.69, 9.17) is 0 Å². The third-order valence-electron chi connectivity index (χ3n) is 3.52. The molecule has 3 heteroatoms. The molecule has 0 bridgehead atoms. The first-order valence-electron chi connectivity index (χ1n) is 7.65. The Morgan fingerprint density at radius 2 is 1.90 bits per heavy atom. The lowest BCUT2D eigenvalue weighted by molar-refractivity contribution is 0.399. The molecular formula is C18H26N2S. The number of nitrogens with one attached hydrogen (secondary N) is 1. The van der Waals surface area contributed by atoms with E-state index in [9.17, 15) is 0 Å². The van der Waals surface area contributed by atoms with Crippen molar-refractivity contribution in [2.75, 3.05) is 6.54 Å². The van der Waals surface area contributed by atoms with Gasteiger partial charge in [-0.15, -0.1) is 11.3 Å². The third-order valence-corrected chi connectivity index (χ3v) is 4.55. The Morgan fingerprint density at radius 1 is 1.19 bits per heavy atom. The summed E-state index contributed by atoms with van der Waals surface area (Å²) in [7, 11) is 0. The maximum absolute atomic E-state index is 4.58. The standard InChI is InChI=1S/C18H26N2S/c1-14-13-21-17(20-14)11-10-16(12-19-18(2,3)4)15-8-6-5-7-9-15/h5-9,13,16,19H,10-12H2,1-4H3. The van der Waals surface area contributed by atoms with Crippen LogP contribution in [0.5, 0.6) is 0 Å². The summed E-state index contributed by atoms with van der Waals surface area (Å²) in [6, 6.07) is 10.8. The van der Waals surface area contributed by atoms with Crippen LogP contribution in [0.25, 0.3) is 0 Å². The highest BCUT2D eigenvalue weighted by Crippen LogP contribution is 2.23. The van der Waals surface area contributed by atoms with Crippen LogP contribution in [-0.4, -0.2) is 17.1 Å². The molecule has 114 valence electrons. The van der Waals surface area contributed by atoms with Crippen LogP contribution in [0.4, 0.5) is 0 Å². The van der Waals surface area contributed by atoms with Crippen molar-refractivity contribution in [3.63, 3.8) is 0 Å². The molecule has 2 nitrogen and oxygen atoms in total. The summed E-state index contributed by atoms with van der Waals surface area (Å²) in [5.41, 5.74) is 2.71. The van der Waals surface area contributed by atoms with E-state index in [1.807, 2.05) is 0 Å². The fourth-order valence-electron chi connectivity index (χ4n) is 2.36. The fraction of sp³-hybridized carbons (Fsp3) is 0.500. The van der Waals surface area contributed by atoms with Crippen molar-refractivity contribution in [2.24, 2.45) is 0 Å². The van der Waals surface area contributed by atoms with Crippen molar-refractivity contribution in [3.8, 4) is 0 Å². The lowest BCUT2D eigenvalue weighted by Gasteiger charge is -2.25.